The normalized spacial score (nSPS) is 15.2. The van der Waals surface area contributed by atoms with Crippen LogP contribution in [0.1, 0.15) is 57.9 Å². The monoisotopic (exact) mass is 616 g/mol. The molecule has 2 rings (SSSR count). The number of carbonyl (C=O) groups excluding carboxylic acids is 4. The maximum atomic E-state index is 12.7. The Bertz CT molecular complexity index is 922. The average Bonchev–Trinajstić information content (AvgIpc) is 3.77. The standard InChI is InChI=1S/C10H8F2O.C8H16N2O2.C7H15NO2.C5H11NO2/c11-9-2-1-6(4-10(9)12)8-3-7(8)5-13;1-6(2)7(5-11)10-8(12)4-9-3;1-3-10-7(9)5-4-6-8-2;1-3-4-5-8-6-7-2/h1-2,4-5,7-8H,3H2;5-7,9H,4H2,1-3H3,(H,10,12);8H,3-6H2,1-2H3;3,6H,1,4-5H2,2H3. The van der Waals surface area contributed by atoms with Crippen LogP contribution in [0.15, 0.2) is 30.9 Å². The Morgan fingerprint density at radius 2 is 1.84 bits per heavy atom. The summed E-state index contributed by atoms with van der Waals surface area (Å²) in [4.78, 5) is 51.5. The molecule has 0 heterocycles. The Morgan fingerprint density at radius 1 is 1.14 bits per heavy atom. The van der Waals surface area contributed by atoms with Gasteiger partial charge in [-0.2, -0.15) is 0 Å². The molecule has 1 amide bonds. The Balaban J connectivity index is 0. The lowest BCUT2D eigenvalue weighted by molar-refractivity contribution is -0.150. The number of nitrogens with one attached hydrogen (secondary N) is 4. The van der Waals surface area contributed by atoms with Gasteiger partial charge in [0.05, 0.1) is 32.9 Å². The summed E-state index contributed by atoms with van der Waals surface area (Å²) in [5.74, 6) is -1.68. The van der Waals surface area contributed by atoms with Crippen molar-refractivity contribution >= 4 is 24.4 Å². The molecule has 0 spiro atoms. The molecular formula is C30H50F2N4O7. The molecule has 1 aromatic carbocycles. The Hall–Kier alpha value is -3.10. The number of aldehydes is 2. The number of likely N-dealkylation sites (N-methyl/N-ethyl adjacent to an activating group) is 1. The molecule has 0 aliphatic heterocycles. The van der Waals surface area contributed by atoms with Gasteiger partial charge < -0.3 is 30.3 Å². The zero-order chi connectivity index (χ0) is 33.0. The second-order valence-electron chi connectivity index (χ2n) is 9.54. The summed E-state index contributed by atoms with van der Waals surface area (Å²) < 4.78 is 30.0. The maximum Gasteiger partial charge on any atom is 0.305 e. The van der Waals surface area contributed by atoms with Gasteiger partial charge in [-0.25, -0.2) is 8.78 Å². The number of rotatable bonds is 17. The van der Waals surface area contributed by atoms with Gasteiger partial charge in [-0.05, 0) is 76.4 Å². The molecule has 0 aromatic heterocycles. The molecule has 0 saturated heterocycles. The summed E-state index contributed by atoms with van der Waals surface area (Å²) in [5.41, 5.74) is 2.95. The lowest BCUT2D eigenvalue weighted by atomic mass is 10.1. The minimum Gasteiger partial charge on any atom is -0.466 e. The molecule has 246 valence electrons. The smallest absolute Gasteiger partial charge is 0.305 e. The average molecular weight is 617 g/mol. The Morgan fingerprint density at radius 3 is 2.30 bits per heavy atom. The van der Waals surface area contributed by atoms with E-state index in [1.54, 1.807) is 13.1 Å². The molecule has 13 heteroatoms. The quantitative estimate of drug-likeness (QED) is 0.0678. The molecular weight excluding hydrogens is 566 g/mol. The predicted molar refractivity (Wildman–Crippen MR) is 161 cm³/mol. The number of amides is 1. The van der Waals surface area contributed by atoms with Gasteiger partial charge in [0.15, 0.2) is 11.6 Å². The van der Waals surface area contributed by atoms with Crippen molar-refractivity contribution in [3.05, 3.63) is 48.1 Å². The van der Waals surface area contributed by atoms with Crippen LogP contribution < -0.4 is 21.6 Å². The van der Waals surface area contributed by atoms with E-state index in [2.05, 4.69) is 37.8 Å². The van der Waals surface area contributed by atoms with Crippen LogP contribution in [-0.2, 0) is 33.6 Å². The van der Waals surface area contributed by atoms with Crippen molar-refractivity contribution in [2.75, 3.05) is 47.5 Å². The largest absolute Gasteiger partial charge is 0.466 e. The van der Waals surface area contributed by atoms with Crippen molar-refractivity contribution in [3.63, 3.8) is 0 Å². The third-order valence-electron chi connectivity index (χ3n) is 5.60. The minimum atomic E-state index is -0.841. The van der Waals surface area contributed by atoms with E-state index in [0.29, 0.717) is 19.6 Å². The van der Waals surface area contributed by atoms with E-state index < -0.39 is 11.6 Å². The molecule has 1 fully saturated rings. The fourth-order valence-electron chi connectivity index (χ4n) is 3.13. The van der Waals surface area contributed by atoms with Crippen LogP contribution in [0.5, 0.6) is 0 Å². The molecule has 11 nitrogen and oxygen atoms in total. The Labute approximate surface area is 254 Å². The molecule has 1 aliphatic carbocycles. The molecule has 1 aromatic rings. The first-order valence-electron chi connectivity index (χ1n) is 14.2. The number of benzene rings is 1. The summed E-state index contributed by atoms with van der Waals surface area (Å²) in [7, 11) is 5.05. The zero-order valence-corrected chi connectivity index (χ0v) is 26.3. The first kappa shape index (κ1) is 42.0. The molecule has 3 atom stereocenters. The van der Waals surface area contributed by atoms with E-state index in [9.17, 15) is 28.0 Å². The fraction of sp³-hybridized carbons (Fsp3) is 0.600. The summed E-state index contributed by atoms with van der Waals surface area (Å²) in [6.07, 6.45) is 6.37. The summed E-state index contributed by atoms with van der Waals surface area (Å²) in [6, 6.07) is 3.44. The van der Waals surface area contributed by atoms with Crippen molar-refractivity contribution in [2.45, 2.75) is 58.4 Å². The van der Waals surface area contributed by atoms with Gasteiger partial charge in [0.25, 0.3) is 0 Å². The van der Waals surface area contributed by atoms with Crippen molar-refractivity contribution in [1.29, 1.82) is 0 Å². The van der Waals surface area contributed by atoms with Crippen LogP contribution in [-0.4, -0.2) is 78.0 Å². The van der Waals surface area contributed by atoms with E-state index in [1.807, 2.05) is 27.8 Å². The van der Waals surface area contributed by atoms with E-state index in [1.165, 1.54) is 19.2 Å². The highest BCUT2D eigenvalue weighted by Crippen LogP contribution is 2.46. The van der Waals surface area contributed by atoms with Crippen LogP contribution in [0.2, 0.25) is 0 Å². The number of hydrogen-bond donors (Lipinski definition) is 4. The molecule has 4 N–H and O–H groups in total. The van der Waals surface area contributed by atoms with E-state index >= 15 is 0 Å². The van der Waals surface area contributed by atoms with Crippen molar-refractivity contribution in [2.24, 2.45) is 11.8 Å². The van der Waals surface area contributed by atoms with E-state index in [0.717, 1.165) is 50.0 Å². The van der Waals surface area contributed by atoms with Crippen LogP contribution in [0.25, 0.3) is 0 Å². The minimum absolute atomic E-state index is 0.00450. The van der Waals surface area contributed by atoms with E-state index in [4.69, 9.17) is 4.74 Å². The summed E-state index contributed by atoms with van der Waals surface area (Å²) in [6.45, 7) is 11.3. The van der Waals surface area contributed by atoms with Crippen molar-refractivity contribution < 1.29 is 42.4 Å². The summed E-state index contributed by atoms with van der Waals surface area (Å²) >= 11 is 0. The number of carbonyl (C=O) groups is 4. The van der Waals surface area contributed by atoms with Gasteiger partial charge in [0, 0.05) is 12.3 Å². The van der Waals surface area contributed by atoms with Gasteiger partial charge in [-0.15, -0.1) is 6.58 Å². The number of esters is 1. The van der Waals surface area contributed by atoms with Gasteiger partial charge in [-0.1, -0.05) is 31.6 Å². The molecule has 43 heavy (non-hydrogen) atoms. The lowest BCUT2D eigenvalue weighted by Crippen LogP contribution is -2.43. The first-order chi connectivity index (χ1) is 20.6. The van der Waals surface area contributed by atoms with Gasteiger partial charge >= 0.3 is 5.97 Å². The maximum absolute atomic E-state index is 12.7. The topological polar surface area (TPSA) is 144 Å². The van der Waals surface area contributed by atoms with Crippen LogP contribution in [0.4, 0.5) is 8.78 Å². The number of ether oxygens (including phenoxy) is 1. The van der Waals surface area contributed by atoms with E-state index in [-0.39, 0.29) is 42.2 Å². The third kappa shape index (κ3) is 23.1. The fourth-order valence-corrected chi connectivity index (χ4v) is 3.13. The second-order valence-corrected chi connectivity index (χ2v) is 9.54. The molecule has 1 aliphatic rings. The Kier molecular flexibility index (Phi) is 27.1. The SMILES string of the molecule is C=CCCONOC.CCOC(=O)CCCNC.CNCC(=O)NC(C=O)C(C)C.O=CC1CC1c1ccc(F)c(F)c1. The molecule has 3 unspecified atom stereocenters. The second kappa shape index (κ2) is 27.7. The highest BCUT2D eigenvalue weighted by Gasteiger charge is 2.38. The van der Waals surface area contributed by atoms with Crippen molar-refractivity contribution in [1.82, 2.24) is 21.6 Å². The third-order valence-corrected chi connectivity index (χ3v) is 5.60. The van der Waals surface area contributed by atoms with Gasteiger partial charge in [-0.3, -0.25) is 19.3 Å². The molecule has 1 saturated carbocycles. The van der Waals surface area contributed by atoms with Crippen LogP contribution in [0.3, 0.4) is 0 Å². The van der Waals surface area contributed by atoms with Gasteiger partial charge in [0.1, 0.15) is 12.6 Å². The number of hydrogen-bond acceptors (Lipinski definition) is 10. The number of halogens is 2. The van der Waals surface area contributed by atoms with Gasteiger partial charge in [0.2, 0.25) is 5.91 Å². The highest BCUT2D eigenvalue weighted by atomic mass is 19.2. The zero-order valence-electron chi connectivity index (χ0n) is 26.3. The summed E-state index contributed by atoms with van der Waals surface area (Å²) in [5, 5.41) is 8.26. The highest BCUT2D eigenvalue weighted by molar-refractivity contribution is 5.81. The molecule has 0 radical (unpaired) electrons. The lowest BCUT2D eigenvalue weighted by Gasteiger charge is -2.15. The predicted octanol–water partition coefficient (Wildman–Crippen LogP) is 3.01. The van der Waals surface area contributed by atoms with Crippen molar-refractivity contribution in [3.8, 4) is 0 Å². The van der Waals surface area contributed by atoms with Crippen LogP contribution in [0, 0.1) is 23.5 Å². The molecule has 0 bridgehead atoms. The first-order valence-corrected chi connectivity index (χ1v) is 14.2. The van der Waals surface area contributed by atoms with Crippen LogP contribution >= 0.6 is 0 Å².